The van der Waals surface area contributed by atoms with Crippen LogP contribution in [-0.4, -0.2) is 20.1 Å². The molecule has 3 aromatic rings. The molecule has 1 amide bonds. The lowest BCUT2D eigenvalue weighted by Gasteiger charge is -2.14. The van der Waals surface area contributed by atoms with Crippen molar-refractivity contribution in [2.45, 2.75) is 13.2 Å². The first kappa shape index (κ1) is 26.4. The Labute approximate surface area is 222 Å². The van der Waals surface area contributed by atoms with Gasteiger partial charge in [0.05, 0.1) is 18.7 Å². The van der Waals surface area contributed by atoms with E-state index >= 15 is 0 Å². The van der Waals surface area contributed by atoms with Gasteiger partial charge < -0.3 is 19.5 Å². The topological polar surface area (TPSA) is 80.6 Å². The van der Waals surface area contributed by atoms with E-state index in [1.54, 1.807) is 49.6 Å². The molecule has 35 heavy (non-hydrogen) atoms. The van der Waals surface area contributed by atoms with Crippen molar-refractivity contribution in [1.82, 2.24) is 5.32 Å². The van der Waals surface area contributed by atoms with E-state index < -0.39 is 5.91 Å². The van der Waals surface area contributed by atoms with Gasteiger partial charge in [0.2, 0.25) is 0 Å². The Kier molecular flexibility index (Phi) is 9.44. The fraction of sp³-hybridized carbons (Fsp3) is 0.154. The first-order chi connectivity index (χ1) is 16.8. The number of hydrogen-bond acceptors (Lipinski definition) is 5. The number of nitriles is 1. The van der Waals surface area contributed by atoms with E-state index in [9.17, 15) is 10.1 Å². The van der Waals surface area contributed by atoms with Crippen LogP contribution in [0.1, 0.15) is 16.7 Å². The summed E-state index contributed by atoms with van der Waals surface area (Å²) >= 11 is 15.7. The van der Waals surface area contributed by atoms with Gasteiger partial charge in [0.15, 0.2) is 11.5 Å². The van der Waals surface area contributed by atoms with E-state index in [1.807, 2.05) is 18.2 Å². The van der Waals surface area contributed by atoms with Gasteiger partial charge in [-0.3, -0.25) is 4.79 Å². The van der Waals surface area contributed by atoms with Crippen LogP contribution in [0.4, 0.5) is 0 Å². The van der Waals surface area contributed by atoms with Crippen molar-refractivity contribution in [3.8, 4) is 23.3 Å². The van der Waals surface area contributed by atoms with Crippen LogP contribution in [0.2, 0.25) is 10.0 Å². The molecule has 0 saturated carbocycles. The van der Waals surface area contributed by atoms with Gasteiger partial charge in [0.1, 0.15) is 24.0 Å². The summed E-state index contributed by atoms with van der Waals surface area (Å²) in [5.41, 5.74) is 2.17. The number of nitrogens with one attached hydrogen (secondary N) is 1. The molecule has 0 aromatic heterocycles. The van der Waals surface area contributed by atoms with E-state index in [-0.39, 0.29) is 18.7 Å². The first-order valence-electron chi connectivity index (χ1n) is 10.3. The van der Waals surface area contributed by atoms with Gasteiger partial charge in [-0.1, -0.05) is 41.4 Å². The Morgan fingerprint density at radius 2 is 1.83 bits per heavy atom. The molecule has 0 aliphatic carbocycles. The van der Waals surface area contributed by atoms with Crippen LogP contribution in [0.5, 0.6) is 17.2 Å². The summed E-state index contributed by atoms with van der Waals surface area (Å²) < 4.78 is 17.1. The second-order valence-electron chi connectivity index (χ2n) is 7.26. The fourth-order valence-electron chi connectivity index (χ4n) is 3.09. The van der Waals surface area contributed by atoms with Crippen LogP contribution in [-0.2, 0) is 17.9 Å². The molecule has 3 aromatic carbocycles. The predicted octanol–water partition coefficient (Wildman–Crippen LogP) is 6.58. The third-order valence-corrected chi connectivity index (χ3v) is 6.10. The number of rotatable bonds is 9. The minimum absolute atomic E-state index is 0.0471. The van der Waals surface area contributed by atoms with Crippen LogP contribution in [0, 0.1) is 11.3 Å². The number of carbonyl (C=O) groups is 1. The number of nitrogens with zero attached hydrogens (tertiary/aromatic N) is 1. The quantitative estimate of drug-likeness (QED) is 0.230. The van der Waals surface area contributed by atoms with Crippen molar-refractivity contribution in [2.24, 2.45) is 0 Å². The summed E-state index contributed by atoms with van der Waals surface area (Å²) in [5, 5.41) is 13.3. The van der Waals surface area contributed by atoms with Crippen LogP contribution in [0.3, 0.4) is 0 Å². The van der Waals surface area contributed by atoms with Gasteiger partial charge >= 0.3 is 0 Å². The molecule has 0 heterocycles. The van der Waals surface area contributed by atoms with Gasteiger partial charge in [-0.15, -0.1) is 0 Å². The van der Waals surface area contributed by atoms with E-state index in [0.717, 1.165) is 16.9 Å². The monoisotopic (exact) mass is 574 g/mol. The number of methoxy groups -OCH3 is 2. The molecule has 0 atom stereocenters. The maximum atomic E-state index is 12.6. The molecule has 6 nitrogen and oxygen atoms in total. The molecular weight excluding hydrogens is 555 g/mol. The lowest BCUT2D eigenvalue weighted by Crippen LogP contribution is -2.23. The highest BCUT2D eigenvalue weighted by molar-refractivity contribution is 9.10. The lowest BCUT2D eigenvalue weighted by molar-refractivity contribution is -0.117. The average molecular weight is 576 g/mol. The Balaban J connectivity index is 1.74. The van der Waals surface area contributed by atoms with E-state index in [1.165, 1.54) is 13.2 Å². The molecular formula is C26H21BrCl2N2O4. The zero-order valence-electron chi connectivity index (χ0n) is 18.9. The number of carbonyl (C=O) groups excluding carboxylic acids is 1. The van der Waals surface area contributed by atoms with Crippen LogP contribution in [0.25, 0.3) is 6.08 Å². The van der Waals surface area contributed by atoms with Crippen LogP contribution in [0.15, 0.2) is 64.6 Å². The molecule has 0 saturated heterocycles. The number of amides is 1. The third kappa shape index (κ3) is 7.15. The highest BCUT2D eigenvalue weighted by Crippen LogP contribution is 2.38. The minimum Gasteiger partial charge on any atom is -0.497 e. The largest absolute Gasteiger partial charge is 0.497 e. The van der Waals surface area contributed by atoms with E-state index in [2.05, 4.69) is 21.2 Å². The summed E-state index contributed by atoms with van der Waals surface area (Å²) in [5.74, 6) is 1.11. The molecule has 9 heteroatoms. The summed E-state index contributed by atoms with van der Waals surface area (Å²) in [6.45, 7) is 0.465. The molecule has 1 N–H and O–H groups in total. The predicted molar refractivity (Wildman–Crippen MR) is 140 cm³/mol. The zero-order chi connectivity index (χ0) is 25.4. The normalized spacial score (nSPS) is 10.9. The highest BCUT2D eigenvalue weighted by Gasteiger charge is 2.15. The zero-order valence-corrected chi connectivity index (χ0v) is 22.0. The maximum absolute atomic E-state index is 12.6. The summed E-state index contributed by atoms with van der Waals surface area (Å²) in [6, 6.07) is 17.8. The summed E-state index contributed by atoms with van der Waals surface area (Å²) in [7, 11) is 3.09. The third-order valence-electron chi connectivity index (χ3n) is 4.93. The van der Waals surface area contributed by atoms with Gasteiger partial charge in [0.25, 0.3) is 5.91 Å². The number of ether oxygens (including phenoxy) is 3. The number of halogens is 3. The van der Waals surface area contributed by atoms with Gasteiger partial charge in [-0.05, 0) is 69.5 Å². The SMILES string of the molecule is COc1ccc(CNC(=O)/C(C#N)=C\c2cc(Br)c(OCc3ccc(Cl)cc3Cl)c(OC)c2)cc1. The smallest absolute Gasteiger partial charge is 0.262 e. The van der Waals surface area contributed by atoms with Crippen molar-refractivity contribution < 1.29 is 19.0 Å². The van der Waals surface area contributed by atoms with Crippen molar-refractivity contribution in [2.75, 3.05) is 14.2 Å². The van der Waals surface area contributed by atoms with E-state index in [0.29, 0.717) is 31.6 Å². The first-order valence-corrected chi connectivity index (χ1v) is 11.9. The number of benzene rings is 3. The Morgan fingerprint density at radius 3 is 2.46 bits per heavy atom. The van der Waals surface area contributed by atoms with Crippen molar-refractivity contribution in [3.05, 3.63) is 91.4 Å². The van der Waals surface area contributed by atoms with Gasteiger partial charge in [0, 0.05) is 22.2 Å². The molecule has 0 spiro atoms. The van der Waals surface area contributed by atoms with Crippen LogP contribution >= 0.6 is 39.1 Å². The Morgan fingerprint density at radius 1 is 1.09 bits per heavy atom. The molecule has 3 rings (SSSR count). The van der Waals surface area contributed by atoms with Gasteiger partial charge in [-0.25, -0.2) is 0 Å². The maximum Gasteiger partial charge on any atom is 0.262 e. The van der Waals surface area contributed by atoms with Crippen LogP contribution < -0.4 is 19.5 Å². The molecule has 0 bridgehead atoms. The second-order valence-corrected chi connectivity index (χ2v) is 8.96. The number of hydrogen-bond donors (Lipinski definition) is 1. The minimum atomic E-state index is -0.490. The van der Waals surface area contributed by atoms with Gasteiger partial charge in [-0.2, -0.15) is 5.26 Å². The summed E-state index contributed by atoms with van der Waals surface area (Å²) in [4.78, 5) is 12.6. The molecule has 0 fully saturated rings. The molecule has 0 radical (unpaired) electrons. The second kappa shape index (κ2) is 12.5. The fourth-order valence-corrected chi connectivity index (χ4v) is 4.13. The highest BCUT2D eigenvalue weighted by atomic mass is 79.9. The van der Waals surface area contributed by atoms with Crippen molar-refractivity contribution in [1.29, 1.82) is 5.26 Å². The Hall–Kier alpha value is -3.18. The van der Waals surface area contributed by atoms with E-state index in [4.69, 9.17) is 37.4 Å². The summed E-state index contributed by atoms with van der Waals surface area (Å²) in [6.07, 6.45) is 1.48. The van der Waals surface area contributed by atoms with Crippen molar-refractivity contribution in [3.63, 3.8) is 0 Å². The Bertz CT molecular complexity index is 1290. The van der Waals surface area contributed by atoms with Crippen molar-refractivity contribution >= 4 is 51.1 Å². The standard InChI is InChI=1S/C26H21BrCl2N2O4/c1-33-21-7-3-16(4-8-21)14-31-26(32)19(13-30)9-17-10-22(27)25(24(11-17)34-2)35-15-18-5-6-20(28)12-23(18)29/h3-12H,14-15H2,1-2H3,(H,31,32)/b19-9-. The molecule has 0 aliphatic heterocycles. The molecule has 0 aliphatic rings. The average Bonchev–Trinajstić information content (AvgIpc) is 2.86. The molecule has 180 valence electrons. The molecule has 0 unspecified atom stereocenters. The lowest BCUT2D eigenvalue weighted by atomic mass is 10.1.